The maximum absolute atomic E-state index is 12.9. The molecular formula is C22H41N3O. The molecule has 1 heterocycles. The van der Waals surface area contributed by atoms with Crippen LogP contribution in [-0.4, -0.2) is 43.5 Å². The fourth-order valence-corrected chi connectivity index (χ4v) is 4.35. The van der Waals surface area contributed by atoms with Crippen molar-refractivity contribution in [1.29, 1.82) is 0 Å². The van der Waals surface area contributed by atoms with E-state index in [2.05, 4.69) is 49.5 Å². The highest BCUT2D eigenvalue weighted by Crippen LogP contribution is 2.38. The van der Waals surface area contributed by atoms with Gasteiger partial charge in [-0.3, -0.25) is 4.79 Å². The molecule has 2 N–H and O–H groups in total. The molecule has 4 heteroatoms. The summed E-state index contributed by atoms with van der Waals surface area (Å²) >= 11 is 0. The number of nitrogens with one attached hydrogen (secondary N) is 2. The van der Waals surface area contributed by atoms with Crippen LogP contribution >= 0.6 is 0 Å². The molecule has 0 unspecified atom stereocenters. The molecule has 0 aromatic heterocycles. The van der Waals surface area contributed by atoms with Crippen LogP contribution in [0.25, 0.3) is 0 Å². The molecule has 4 nitrogen and oxygen atoms in total. The van der Waals surface area contributed by atoms with Gasteiger partial charge in [0.25, 0.3) is 0 Å². The largest absolute Gasteiger partial charge is 0.369 e. The Balaban J connectivity index is 0.00000364. The summed E-state index contributed by atoms with van der Waals surface area (Å²) in [5.41, 5.74) is 2.06. The molecule has 1 saturated carbocycles. The van der Waals surface area contributed by atoms with Gasteiger partial charge in [0.15, 0.2) is 0 Å². The van der Waals surface area contributed by atoms with E-state index in [9.17, 15) is 4.79 Å². The number of piperazine rings is 1. The van der Waals surface area contributed by atoms with E-state index in [0.717, 1.165) is 43.9 Å². The molecule has 2 fully saturated rings. The van der Waals surface area contributed by atoms with Crippen LogP contribution in [-0.2, 0) is 4.79 Å². The number of carbonyl (C=O) groups excluding carboxylic acids is 1. The van der Waals surface area contributed by atoms with Gasteiger partial charge in [-0.1, -0.05) is 52.5 Å². The zero-order chi connectivity index (χ0) is 19.1. The van der Waals surface area contributed by atoms with Crippen molar-refractivity contribution in [3.63, 3.8) is 0 Å². The summed E-state index contributed by atoms with van der Waals surface area (Å²) in [6.45, 7) is 19.3. The summed E-state index contributed by atoms with van der Waals surface area (Å²) in [7, 11) is 0. The smallest absolute Gasteiger partial charge is 0.223 e. The quantitative estimate of drug-likeness (QED) is 0.676. The fraction of sp³-hybridized carbons (Fsp3) is 0.682. The Morgan fingerprint density at radius 3 is 2.65 bits per heavy atom. The number of hydrogen-bond acceptors (Lipinski definition) is 3. The van der Waals surface area contributed by atoms with Crippen molar-refractivity contribution >= 4 is 5.91 Å². The molecule has 1 aliphatic carbocycles. The van der Waals surface area contributed by atoms with Crippen LogP contribution in [0.4, 0.5) is 0 Å². The molecule has 0 bridgehead atoms. The van der Waals surface area contributed by atoms with Crippen LogP contribution < -0.4 is 10.6 Å². The average molecular weight is 364 g/mol. The normalized spacial score (nSPS) is 27.3. The van der Waals surface area contributed by atoms with Gasteiger partial charge in [-0.2, -0.15) is 0 Å². The summed E-state index contributed by atoms with van der Waals surface area (Å²) in [5.74, 6) is 2.03. The molecule has 150 valence electrons. The lowest BCUT2D eigenvalue weighted by Gasteiger charge is -2.36. The lowest BCUT2D eigenvalue weighted by Crippen LogP contribution is -2.44. The highest BCUT2D eigenvalue weighted by Gasteiger charge is 2.35. The number of allylic oxidation sites excluding steroid dienone is 2. The third kappa shape index (κ3) is 5.47. The van der Waals surface area contributed by atoms with Crippen LogP contribution in [0, 0.1) is 23.7 Å². The minimum atomic E-state index is 0. The highest BCUT2D eigenvalue weighted by atomic mass is 16.1. The molecule has 26 heavy (non-hydrogen) atoms. The summed E-state index contributed by atoms with van der Waals surface area (Å²) in [4.78, 5) is 15.2. The van der Waals surface area contributed by atoms with E-state index in [-0.39, 0.29) is 14.7 Å². The molecule has 1 amide bonds. The molecule has 0 radical (unpaired) electrons. The van der Waals surface area contributed by atoms with Crippen molar-refractivity contribution in [3.8, 4) is 0 Å². The highest BCUT2D eigenvalue weighted by molar-refractivity contribution is 5.79. The summed E-state index contributed by atoms with van der Waals surface area (Å²) in [6, 6.07) is 0. The van der Waals surface area contributed by atoms with Gasteiger partial charge in [-0.05, 0) is 36.2 Å². The zero-order valence-corrected chi connectivity index (χ0v) is 16.9. The third-order valence-electron chi connectivity index (χ3n) is 6.00. The molecule has 0 aromatic carbocycles. The lowest BCUT2D eigenvalue weighted by molar-refractivity contribution is -0.129. The summed E-state index contributed by atoms with van der Waals surface area (Å²) < 4.78 is 0. The summed E-state index contributed by atoms with van der Waals surface area (Å²) in [5, 5.41) is 6.57. The van der Waals surface area contributed by atoms with Crippen molar-refractivity contribution in [3.05, 3.63) is 36.6 Å². The Kier molecular flexibility index (Phi) is 7.95. The SMILES string of the molecule is C=C/C=C(/CNC(=O)[C@@H]1C[C@H](C)CC[C@H]1C(C)C)C(=C)N1CCNCC1.[HH].[HH]. The monoisotopic (exact) mass is 363 g/mol. The number of carbonyl (C=O) groups is 1. The Morgan fingerprint density at radius 2 is 2.04 bits per heavy atom. The van der Waals surface area contributed by atoms with Gasteiger partial charge in [-0.15, -0.1) is 0 Å². The predicted octanol–water partition coefficient (Wildman–Crippen LogP) is 3.83. The zero-order valence-electron chi connectivity index (χ0n) is 16.9. The van der Waals surface area contributed by atoms with Crippen LogP contribution in [0.1, 0.15) is 42.9 Å². The van der Waals surface area contributed by atoms with Crippen molar-refractivity contribution in [2.45, 2.75) is 40.0 Å². The van der Waals surface area contributed by atoms with Crippen LogP contribution in [0.5, 0.6) is 0 Å². The second-order valence-electron chi connectivity index (χ2n) is 8.26. The maximum atomic E-state index is 12.9. The molecular weight excluding hydrogens is 322 g/mol. The van der Waals surface area contributed by atoms with Gasteiger partial charge in [0.1, 0.15) is 0 Å². The molecule has 3 atom stereocenters. The molecule has 0 aromatic rings. The van der Waals surface area contributed by atoms with E-state index in [1.165, 1.54) is 12.8 Å². The van der Waals surface area contributed by atoms with E-state index in [1.54, 1.807) is 6.08 Å². The number of nitrogens with zero attached hydrogens (tertiary/aromatic N) is 1. The number of hydrogen-bond donors (Lipinski definition) is 2. The topological polar surface area (TPSA) is 44.4 Å². The Hall–Kier alpha value is -1.55. The fourth-order valence-electron chi connectivity index (χ4n) is 4.35. The Labute approximate surface area is 162 Å². The first-order valence-electron chi connectivity index (χ1n) is 10.2. The standard InChI is InChI=1S/C22H37N3O.2H2/c1-6-7-19(18(5)25-12-10-23-11-13-25)15-24-22(26)21-14-17(4)8-9-20(21)16(2)3;;/h6-7,16-17,20-21,23H,1,5,8-15H2,2-4H3,(H,24,26);2*1H/b19-7-;;/t17-,20+,21-;;/m1../s1. The van der Waals surface area contributed by atoms with E-state index >= 15 is 0 Å². The van der Waals surface area contributed by atoms with E-state index in [0.29, 0.717) is 24.3 Å². The Morgan fingerprint density at radius 1 is 1.35 bits per heavy atom. The van der Waals surface area contributed by atoms with Gasteiger partial charge in [0.05, 0.1) is 0 Å². The number of amides is 1. The predicted molar refractivity (Wildman–Crippen MR) is 114 cm³/mol. The minimum absolute atomic E-state index is 0. The van der Waals surface area contributed by atoms with E-state index in [1.807, 2.05) is 6.08 Å². The third-order valence-corrected chi connectivity index (χ3v) is 6.00. The van der Waals surface area contributed by atoms with Crippen LogP contribution in [0.3, 0.4) is 0 Å². The lowest BCUT2D eigenvalue weighted by atomic mass is 9.70. The van der Waals surface area contributed by atoms with Crippen molar-refractivity contribution in [2.24, 2.45) is 23.7 Å². The molecule has 0 spiro atoms. The first kappa shape index (κ1) is 20.8. The van der Waals surface area contributed by atoms with E-state index < -0.39 is 0 Å². The first-order valence-corrected chi connectivity index (χ1v) is 10.2. The molecule has 2 rings (SSSR count). The number of rotatable bonds is 7. The second-order valence-corrected chi connectivity index (χ2v) is 8.26. The average Bonchev–Trinajstić information content (AvgIpc) is 2.64. The van der Waals surface area contributed by atoms with Gasteiger partial charge in [0.2, 0.25) is 5.91 Å². The minimum Gasteiger partial charge on any atom is -0.369 e. The second kappa shape index (κ2) is 9.96. The van der Waals surface area contributed by atoms with Crippen molar-refractivity contribution in [1.82, 2.24) is 15.5 Å². The van der Waals surface area contributed by atoms with Crippen LogP contribution in [0.15, 0.2) is 36.6 Å². The van der Waals surface area contributed by atoms with Gasteiger partial charge < -0.3 is 15.5 Å². The van der Waals surface area contributed by atoms with Gasteiger partial charge >= 0.3 is 0 Å². The van der Waals surface area contributed by atoms with Crippen molar-refractivity contribution < 1.29 is 7.65 Å². The molecule has 1 saturated heterocycles. The van der Waals surface area contributed by atoms with E-state index in [4.69, 9.17) is 0 Å². The molecule has 2 aliphatic rings. The van der Waals surface area contributed by atoms with Gasteiger partial charge in [-0.25, -0.2) is 0 Å². The first-order chi connectivity index (χ1) is 12.4. The molecule has 1 aliphatic heterocycles. The Bertz CT molecular complexity index is 542. The van der Waals surface area contributed by atoms with Crippen molar-refractivity contribution in [2.75, 3.05) is 32.7 Å². The summed E-state index contributed by atoms with van der Waals surface area (Å²) in [6.07, 6.45) is 7.18. The van der Waals surface area contributed by atoms with Crippen LogP contribution in [0.2, 0.25) is 0 Å². The maximum Gasteiger partial charge on any atom is 0.223 e. The van der Waals surface area contributed by atoms with Gasteiger partial charge in [0, 0.05) is 47.2 Å².